The molecule has 0 aliphatic carbocycles. The van der Waals surface area contributed by atoms with Gasteiger partial charge in [0.05, 0.1) is 24.0 Å². The average molecular weight is 278 g/mol. The first-order valence-electron chi connectivity index (χ1n) is 5.68. The molecule has 0 aromatic rings. The number of sulfone groups is 1. The molecule has 0 saturated carbocycles. The van der Waals surface area contributed by atoms with Crippen molar-refractivity contribution >= 4 is 21.7 Å². The van der Waals surface area contributed by atoms with Crippen LogP contribution in [0.4, 0.5) is 0 Å². The number of hydrogen-bond acceptors (Lipinski definition) is 5. The van der Waals surface area contributed by atoms with Crippen molar-refractivity contribution in [2.24, 2.45) is 5.73 Å². The van der Waals surface area contributed by atoms with E-state index in [1.54, 1.807) is 6.92 Å². The summed E-state index contributed by atoms with van der Waals surface area (Å²) in [6.07, 6.45) is -0.264. The van der Waals surface area contributed by atoms with Crippen LogP contribution >= 0.6 is 0 Å². The molecule has 8 heteroatoms. The summed E-state index contributed by atoms with van der Waals surface area (Å²) >= 11 is 0. The Morgan fingerprint density at radius 3 is 2.61 bits per heavy atom. The number of aliphatic carboxylic acids is 1. The van der Waals surface area contributed by atoms with E-state index in [-0.39, 0.29) is 42.8 Å². The molecule has 0 radical (unpaired) electrons. The first-order valence-corrected chi connectivity index (χ1v) is 7.50. The van der Waals surface area contributed by atoms with Gasteiger partial charge in [-0.15, -0.1) is 0 Å². The highest BCUT2D eigenvalue weighted by atomic mass is 32.2. The van der Waals surface area contributed by atoms with Crippen LogP contribution in [0.25, 0.3) is 0 Å². The molecule has 0 spiro atoms. The summed E-state index contributed by atoms with van der Waals surface area (Å²) in [5, 5.41) is 8.76. The number of carbonyl (C=O) groups excluding carboxylic acids is 1. The zero-order valence-electron chi connectivity index (χ0n) is 10.2. The largest absolute Gasteiger partial charge is 0.481 e. The molecule has 1 saturated heterocycles. The second-order valence-electron chi connectivity index (χ2n) is 4.63. The molecule has 18 heavy (non-hydrogen) atoms. The second-order valence-corrected chi connectivity index (χ2v) is 6.86. The Kier molecular flexibility index (Phi) is 4.69. The summed E-state index contributed by atoms with van der Waals surface area (Å²) < 4.78 is 23.0. The molecular formula is C10H18N2O5S. The molecule has 1 amide bonds. The lowest BCUT2D eigenvalue weighted by Crippen LogP contribution is -2.52. The Hall–Kier alpha value is -1.15. The average Bonchev–Trinajstić information content (AvgIpc) is 2.13. The molecule has 1 aliphatic rings. The van der Waals surface area contributed by atoms with Crippen LogP contribution in [0.15, 0.2) is 0 Å². The highest BCUT2D eigenvalue weighted by Crippen LogP contribution is 2.16. The standard InChI is InChI=1S/C10H18N2O5S/c1-7(11)4-9(13)12-2-3-18(16,17)6-8(12)5-10(14)15/h7-8H,2-6,11H2,1H3,(H,14,15). The first kappa shape index (κ1) is 14.9. The normalized spacial score (nSPS) is 24.6. The molecule has 0 aromatic heterocycles. The summed E-state index contributed by atoms with van der Waals surface area (Å²) in [5.41, 5.74) is 5.52. The van der Waals surface area contributed by atoms with Crippen LogP contribution in [0.1, 0.15) is 19.8 Å². The number of nitrogens with two attached hydrogens (primary N) is 1. The van der Waals surface area contributed by atoms with Gasteiger partial charge in [-0.25, -0.2) is 8.42 Å². The molecule has 3 N–H and O–H groups in total. The van der Waals surface area contributed by atoms with Crippen LogP contribution in [-0.2, 0) is 19.4 Å². The summed E-state index contributed by atoms with van der Waals surface area (Å²) in [6.45, 7) is 1.72. The predicted molar refractivity (Wildman–Crippen MR) is 64.7 cm³/mol. The van der Waals surface area contributed by atoms with Gasteiger partial charge in [0, 0.05) is 19.0 Å². The zero-order chi connectivity index (χ0) is 13.9. The lowest BCUT2D eigenvalue weighted by molar-refractivity contribution is -0.140. The van der Waals surface area contributed by atoms with Crippen molar-refractivity contribution in [2.45, 2.75) is 31.8 Å². The number of amides is 1. The van der Waals surface area contributed by atoms with E-state index in [0.717, 1.165) is 0 Å². The maximum atomic E-state index is 11.9. The molecule has 1 rings (SSSR count). The van der Waals surface area contributed by atoms with Gasteiger partial charge in [-0.05, 0) is 6.92 Å². The Morgan fingerprint density at radius 1 is 1.50 bits per heavy atom. The van der Waals surface area contributed by atoms with E-state index in [0.29, 0.717) is 0 Å². The lowest BCUT2D eigenvalue weighted by atomic mass is 10.1. The first-order chi connectivity index (χ1) is 8.21. The molecular weight excluding hydrogens is 260 g/mol. The number of nitrogens with zero attached hydrogens (tertiary/aromatic N) is 1. The smallest absolute Gasteiger partial charge is 0.305 e. The summed E-state index contributed by atoms with van der Waals surface area (Å²) in [4.78, 5) is 23.9. The van der Waals surface area contributed by atoms with Gasteiger partial charge in [0.25, 0.3) is 0 Å². The maximum absolute atomic E-state index is 11.9. The highest BCUT2D eigenvalue weighted by molar-refractivity contribution is 7.91. The van der Waals surface area contributed by atoms with Crippen molar-refractivity contribution < 1.29 is 23.1 Å². The quantitative estimate of drug-likeness (QED) is 0.668. The van der Waals surface area contributed by atoms with Crippen molar-refractivity contribution in [2.75, 3.05) is 18.1 Å². The fraction of sp³-hybridized carbons (Fsp3) is 0.800. The van der Waals surface area contributed by atoms with Gasteiger partial charge < -0.3 is 15.7 Å². The Balaban J connectivity index is 2.81. The van der Waals surface area contributed by atoms with Gasteiger partial charge in [0.15, 0.2) is 9.84 Å². The molecule has 7 nitrogen and oxygen atoms in total. The topological polar surface area (TPSA) is 118 Å². The van der Waals surface area contributed by atoms with Crippen molar-refractivity contribution in [3.8, 4) is 0 Å². The van der Waals surface area contributed by atoms with Crippen LogP contribution < -0.4 is 5.73 Å². The van der Waals surface area contributed by atoms with E-state index in [4.69, 9.17) is 10.8 Å². The third-order valence-electron chi connectivity index (χ3n) is 2.76. The molecule has 104 valence electrons. The van der Waals surface area contributed by atoms with Gasteiger partial charge in [-0.3, -0.25) is 9.59 Å². The third kappa shape index (κ3) is 4.26. The Morgan fingerprint density at radius 2 is 2.11 bits per heavy atom. The van der Waals surface area contributed by atoms with E-state index < -0.39 is 21.8 Å². The van der Waals surface area contributed by atoms with Crippen molar-refractivity contribution in [1.82, 2.24) is 4.90 Å². The van der Waals surface area contributed by atoms with Crippen molar-refractivity contribution in [3.63, 3.8) is 0 Å². The van der Waals surface area contributed by atoms with Crippen molar-refractivity contribution in [3.05, 3.63) is 0 Å². The highest BCUT2D eigenvalue weighted by Gasteiger charge is 2.35. The van der Waals surface area contributed by atoms with Gasteiger partial charge in [0.2, 0.25) is 5.91 Å². The number of carbonyl (C=O) groups is 2. The Labute approximate surface area is 106 Å². The lowest BCUT2D eigenvalue weighted by Gasteiger charge is -2.35. The summed E-state index contributed by atoms with van der Waals surface area (Å²) in [5.74, 6) is -1.81. The van der Waals surface area contributed by atoms with E-state index >= 15 is 0 Å². The van der Waals surface area contributed by atoms with Gasteiger partial charge >= 0.3 is 5.97 Å². The molecule has 2 unspecified atom stereocenters. The minimum absolute atomic E-state index is 0.0475. The molecule has 0 bridgehead atoms. The minimum atomic E-state index is -3.26. The van der Waals surface area contributed by atoms with E-state index in [1.807, 2.05) is 0 Å². The molecule has 1 fully saturated rings. The van der Waals surface area contributed by atoms with E-state index in [1.165, 1.54) is 4.90 Å². The van der Waals surface area contributed by atoms with Crippen LogP contribution in [0.2, 0.25) is 0 Å². The summed E-state index contributed by atoms with van der Waals surface area (Å²) in [7, 11) is -3.26. The number of carboxylic acid groups (broad SMARTS) is 1. The van der Waals surface area contributed by atoms with Crippen LogP contribution in [0.3, 0.4) is 0 Å². The van der Waals surface area contributed by atoms with Gasteiger partial charge in [-0.1, -0.05) is 0 Å². The molecule has 1 aliphatic heterocycles. The second kappa shape index (κ2) is 5.66. The molecule has 2 atom stereocenters. The SMILES string of the molecule is CC(N)CC(=O)N1CCS(=O)(=O)CC1CC(=O)O. The van der Waals surface area contributed by atoms with Gasteiger partial charge in [-0.2, -0.15) is 0 Å². The fourth-order valence-corrected chi connectivity index (χ4v) is 3.50. The third-order valence-corrected chi connectivity index (χ3v) is 4.45. The minimum Gasteiger partial charge on any atom is -0.481 e. The summed E-state index contributed by atoms with van der Waals surface area (Å²) in [6, 6.07) is -1.12. The maximum Gasteiger partial charge on any atom is 0.305 e. The van der Waals surface area contributed by atoms with Crippen LogP contribution in [0, 0.1) is 0 Å². The van der Waals surface area contributed by atoms with Crippen molar-refractivity contribution in [1.29, 1.82) is 0 Å². The van der Waals surface area contributed by atoms with Crippen LogP contribution in [-0.4, -0.2) is 60.4 Å². The van der Waals surface area contributed by atoms with Crippen LogP contribution in [0.5, 0.6) is 0 Å². The van der Waals surface area contributed by atoms with Gasteiger partial charge in [0.1, 0.15) is 0 Å². The Bertz CT molecular complexity index is 432. The van der Waals surface area contributed by atoms with E-state index in [2.05, 4.69) is 0 Å². The number of hydrogen-bond donors (Lipinski definition) is 2. The molecule has 0 aromatic carbocycles. The number of rotatable bonds is 4. The molecule has 1 heterocycles. The van der Waals surface area contributed by atoms with E-state index in [9.17, 15) is 18.0 Å². The predicted octanol–water partition coefficient (Wildman–Crippen LogP) is -1.18. The zero-order valence-corrected chi connectivity index (χ0v) is 11.0. The number of carboxylic acids is 1. The monoisotopic (exact) mass is 278 g/mol. The fourth-order valence-electron chi connectivity index (χ4n) is 1.98.